The summed E-state index contributed by atoms with van der Waals surface area (Å²) in [5, 5.41) is 2.78. The molecular weight excluding hydrogens is 202 g/mol. The molecule has 16 heavy (non-hydrogen) atoms. The first-order chi connectivity index (χ1) is 7.79. The monoisotopic (exact) mass is 219 g/mol. The van der Waals surface area contributed by atoms with Crippen LogP contribution >= 0.6 is 0 Å². The minimum Gasteiger partial charge on any atom is -0.354 e. The van der Waals surface area contributed by atoms with Crippen LogP contribution in [-0.2, 0) is 17.9 Å². The minimum atomic E-state index is 0.0539. The summed E-state index contributed by atoms with van der Waals surface area (Å²) in [4.78, 5) is 13.6. The summed E-state index contributed by atoms with van der Waals surface area (Å²) >= 11 is 0. The first-order valence-electron chi connectivity index (χ1n) is 5.55. The minimum absolute atomic E-state index is 0.0539. The van der Waals surface area contributed by atoms with E-state index in [0.717, 1.165) is 13.1 Å². The van der Waals surface area contributed by atoms with Crippen molar-refractivity contribution >= 4 is 5.91 Å². The fraction of sp³-hybridized carbons (Fsp3) is 0.417. The van der Waals surface area contributed by atoms with E-state index < -0.39 is 0 Å². The molecule has 0 bridgehead atoms. The normalized spacial score (nSPS) is 14.8. The lowest BCUT2D eigenvalue weighted by Crippen LogP contribution is -2.37. The molecule has 1 aromatic carbocycles. The van der Waals surface area contributed by atoms with E-state index in [0.29, 0.717) is 19.6 Å². The molecule has 1 amide bonds. The fourth-order valence-electron chi connectivity index (χ4n) is 1.99. The van der Waals surface area contributed by atoms with Gasteiger partial charge in [0.2, 0.25) is 5.91 Å². The van der Waals surface area contributed by atoms with Crippen LogP contribution in [0.25, 0.3) is 0 Å². The highest BCUT2D eigenvalue weighted by molar-refractivity contribution is 5.78. The van der Waals surface area contributed by atoms with Crippen LogP contribution < -0.4 is 11.1 Å². The van der Waals surface area contributed by atoms with Crippen molar-refractivity contribution in [3.8, 4) is 0 Å². The zero-order chi connectivity index (χ0) is 11.4. The van der Waals surface area contributed by atoms with Crippen molar-refractivity contribution in [2.45, 2.75) is 13.1 Å². The van der Waals surface area contributed by atoms with Gasteiger partial charge in [-0.05, 0) is 11.1 Å². The summed E-state index contributed by atoms with van der Waals surface area (Å²) in [7, 11) is 0. The molecule has 0 aromatic heterocycles. The molecule has 0 saturated heterocycles. The van der Waals surface area contributed by atoms with Gasteiger partial charge in [0.15, 0.2) is 0 Å². The van der Waals surface area contributed by atoms with Crippen molar-refractivity contribution in [1.29, 1.82) is 0 Å². The Hall–Kier alpha value is -1.39. The molecule has 4 heteroatoms. The van der Waals surface area contributed by atoms with Crippen LogP contribution in [0.5, 0.6) is 0 Å². The Bertz CT molecular complexity index is 353. The number of hydrogen-bond donors (Lipinski definition) is 2. The first-order valence-corrected chi connectivity index (χ1v) is 5.55. The Morgan fingerprint density at radius 3 is 2.50 bits per heavy atom. The number of nitrogens with zero attached hydrogens (tertiary/aromatic N) is 1. The second-order valence-corrected chi connectivity index (χ2v) is 4.05. The van der Waals surface area contributed by atoms with E-state index in [2.05, 4.69) is 22.3 Å². The molecule has 0 radical (unpaired) electrons. The van der Waals surface area contributed by atoms with Crippen LogP contribution in [0.15, 0.2) is 24.3 Å². The summed E-state index contributed by atoms with van der Waals surface area (Å²) in [6.45, 7) is 3.23. The van der Waals surface area contributed by atoms with Gasteiger partial charge < -0.3 is 11.1 Å². The average Bonchev–Trinajstić information content (AvgIpc) is 2.68. The highest BCUT2D eigenvalue weighted by atomic mass is 16.2. The second-order valence-electron chi connectivity index (χ2n) is 4.05. The highest BCUT2D eigenvalue weighted by Gasteiger charge is 2.19. The number of fused-ring (bicyclic) bond motifs is 1. The third-order valence-electron chi connectivity index (χ3n) is 2.74. The number of hydrogen-bond acceptors (Lipinski definition) is 3. The molecule has 1 aliphatic rings. The standard InChI is InChI=1S/C12H17N3O/c13-5-6-14-12(16)9-15-7-10-3-1-2-4-11(10)8-15/h1-4H,5-9,13H2,(H,14,16). The largest absolute Gasteiger partial charge is 0.354 e. The average molecular weight is 219 g/mol. The van der Waals surface area contributed by atoms with Crippen molar-refractivity contribution in [3.63, 3.8) is 0 Å². The van der Waals surface area contributed by atoms with Gasteiger partial charge >= 0.3 is 0 Å². The molecule has 3 N–H and O–H groups in total. The number of rotatable bonds is 4. The number of nitrogens with one attached hydrogen (secondary N) is 1. The molecule has 1 heterocycles. The maximum Gasteiger partial charge on any atom is 0.234 e. The van der Waals surface area contributed by atoms with E-state index in [1.165, 1.54) is 11.1 Å². The van der Waals surface area contributed by atoms with Crippen molar-refractivity contribution < 1.29 is 4.79 Å². The van der Waals surface area contributed by atoms with E-state index in [9.17, 15) is 4.79 Å². The van der Waals surface area contributed by atoms with Gasteiger partial charge in [-0.2, -0.15) is 0 Å². The van der Waals surface area contributed by atoms with Crippen LogP contribution in [-0.4, -0.2) is 30.4 Å². The molecule has 4 nitrogen and oxygen atoms in total. The van der Waals surface area contributed by atoms with E-state index >= 15 is 0 Å². The molecule has 0 fully saturated rings. The summed E-state index contributed by atoms with van der Waals surface area (Å²) in [5.41, 5.74) is 7.98. The van der Waals surface area contributed by atoms with Crippen LogP contribution in [0.3, 0.4) is 0 Å². The molecule has 0 atom stereocenters. The predicted molar refractivity (Wildman–Crippen MR) is 62.6 cm³/mol. The summed E-state index contributed by atoms with van der Waals surface area (Å²) in [5.74, 6) is 0.0539. The maximum absolute atomic E-state index is 11.5. The molecule has 1 aromatic rings. The van der Waals surface area contributed by atoms with E-state index in [-0.39, 0.29) is 5.91 Å². The SMILES string of the molecule is NCCNC(=O)CN1Cc2ccccc2C1. The quantitative estimate of drug-likeness (QED) is 0.754. The Kier molecular flexibility index (Phi) is 3.54. The van der Waals surface area contributed by atoms with Crippen LogP contribution in [0.1, 0.15) is 11.1 Å². The Balaban J connectivity index is 1.85. The number of carbonyl (C=O) groups is 1. The molecule has 0 aliphatic carbocycles. The molecular formula is C12H17N3O. The lowest BCUT2D eigenvalue weighted by atomic mass is 10.1. The molecule has 2 rings (SSSR count). The first kappa shape index (κ1) is 11.1. The third kappa shape index (κ3) is 2.59. The molecule has 0 spiro atoms. The highest BCUT2D eigenvalue weighted by Crippen LogP contribution is 2.21. The number of amides is 1. The van der Waals surface area contributed by atoms with Crippen LogP contribution in [0.4, 0.5) is 0 Å². The number of carbonyl (C=O) groups excluding carboxylic acids is 1. The maximum atomic E-state index is 11.5. The Labute approximate surface area is 95.4 Å². The third-order valence-corrected chi connectivity index (χ3v) is 2.74. The number of nitrogens with two attached hydrogens (primary N) is 1. The van der Waals surface area contributed by atoms with Crippen molar-refractivity contribution in [3.05, 3.63) is 35.4 Å². The van der Waals surface area contributed by atoms with E-state index in [1.807, 2.05) is 12.1 Å². The smallest absolute Gasteiger partial charge is 0.234 e. The van der Waals surface area contributed by atoms with Gasteiger partial charge in [-0.1, -0.05) is 24.3 Å². The van der Waals surface area contributed by atoms with Gasteiger partial charge in [0, 0.05) is 26.2 Å². The Morgan fingerprint density at radius 1 is 1.31 bits per heavy atom. The van der Waals surface area contributed by atoms with Gasteiger partial charge in [-0.15, -0.1) is 0 Å². The zero-order valence-corrected chi connectivity index (χ0v) is 9.28. The second kappa shape index (κ2) is 5.09. The van der Waals surface area contributed by atoms with E-state index in [4.69, 9.17) is 5.73 Å². The van der Waals surface area contributed by atoms with Gasteiger partial charge in [-0.25, -0.2) is 0 Å². The van der Waals surface area contributed by atoms with Crippen molar-refractivity contribution in [2.75, 3.05) is 19.6 Å². The molecule has 0 saturated carbocycles. The lowest BCUT2D eigenvalue weighted by molar-refractivity contribution is -0.122. The van der Waals surface area contributed by atoms with Crippen molar-refractivity contribution in [1.82, 2.24) is 10.2 Å². The van der Waals surface area contributed by atoms with Gasteiger partial charge in [0.05, 0.1) is 6.54 Å². The van der Waals surface area contributed by atoms with Crippen LogP contribution in [0.2, 0.25) is 0 Å². The molecule has 86 valence electrons. The van der Waals surface area contributed by atoms with E-state index in [1.54, 1.807) is 0 Å². The zero-order valence-electron chi connectivity index (χ0n) is 9.28. The summed E-state index contributed by atoms with van der Waals surface area (Å²) < 4.78 is 0. The van der Waals surface area contributed by atoms with Gasteiger partial charge in [0.25, 0.3) is 0 Å². The van der Waals surface area contributed by atoms with Gasteiger partial charge in [0.1, 0.15) is 0 Å². The molecule has 1 aliphatic heterocycles. The number of benzene rings is 1. The topological polar surface area (TPSA) is 58.4 Å². The fourth-order valence-corrected chi connectivity index (χ4v) is 1.99. The van der Waals surface area contributed by atoms with Crippen molar-refractivity contribution in [2.24, 2.45) is 5.73 Å². The summed E-state index contributed by atoms with van der Waals surface area (Å²) in [6, 6.07) is 8.31. The van der Waals surface area contributed by atoms with Crippen LogP contribution in [0, 0.1) is 0 Å². The Morgan fingerprint density at radius 2 is 1.94 bits per heavy atom. The molecule has 0 unspecified atom stereocenters. The lowest BCUT2D eigenvalue weighted by Gasteiger charge is -2.13. The van der Waals surface area contributed by atoms with Gasteiger partial charge in [-0.3, -0.25) is 9.69 Å². The predicted octanol–water partition coefficient (Wildman–Crippen LogP) is 0.0771. The summed E-state index contributed by atoms with van der Waals surface area (Å²) in [6.07, 6.45) is 0.